The van der Waals surface area contributed by atoms with Gasteiger partial charge in [0.15, 0.2) is 0 Å². The molecule has 7 aromatic rings. The van der Waals surface area contributed by atoms with Crippen LogP contribution in [0.2, 0.25) is 0 Å². The second-order valence-electron chi connectivity index (χ2n) is 9.90. The first-order valence-corrected chi connectivity index (χ1v) is 13.5. The average Bonchev–Trinajstić information content (AvgIpc) is 2.98. The molecule has 0 spiro atoms. The molecule has 7 aromatic carbocycles. The molecule has 7 rings (SSSR count). The van der Waals surface area contributed by atoms with E-state index < -0.39 is 0 Å². The van der Waals surface area contributed by atoms with Gasteiger partial charge in [0, 0.05) is 4.90 Å². The van der Waals surface area contributed by atoms with Crippen molar-refractivity contribution in [2.24, 2.45) is 0 Å². The lowest BCUT2D eigenvalue weighted by Gasteiger charge is -2.17. The quantitative estimate of drug-likeness (QED) is 0.180. The summed E-state index contributed by atoms with van der Waals surface area (Å²) in [4.78, 5) is 1.01. The standard InChI is InChI=1S/C37H26S/c1-24-27(17-9-18-28(24)35-20-10-19-29(37(35)38)25-11-3-2-4-12-25)26-21-22-34-32-15-6-5-13-30(32)31-14-7-8-16-33(31)36(34)23-26/h2-23,38H,1H3. The Labute approximate surface area is 228 Å². The van der Waals surface area contributed by atoms with Crippen LogP contribution in [-0.2, 0) is 0 Å². The van der Waals surface area contributed by atoms with Crippen molar-refractivity contribution in [1.29, 1.82) is 0 Å². The number of fused-ring (bicyclic) bond motifs is 6. The van der Waals surface area contributed by atoms with E-state index in [0.717, 1.165) is 16.0 Å². The second-order valence-corrected chi connectivity index (χ2v) is 10.3. The Hall–Kier alpha value is -4.33. The minimum Gasteiger partial charge on any atom is -0.142 e. The highest BCUT2D eigenvalue weighted by atomic mass is 32.1. The summed E-state index contributed by atoms with van der Waals surface area (Å²) >= 11 is 5.03. The van der Waals surface area contributed by atoms with E-state index >= 15 is 0 Å². The Morgan fingerprint density at radius 1 is 0.368 bits per heavy atom. The normalized spacial score (nSPS) is 11.4. The molecule has 0 saturated carbocycles. The molecule has 0 atom stereocenters. The third-order valence-corrected chi connectivity index (χ3v) is 8.28. The summed E-state index contributed by atoms with van der Waals surface area (Å²) in [6.07, 6.45) is 0. The van der Waals surface area contributed by atoms with Crippen LogP contribution < -0.4 is 0 Å². The smallest absolute Gasteiger partial charge is 0.0197 e. The molecule has 180 valence electrons. The molecule has 0 nitrogen and oxygen atoms in total. The van der Waals surface area contributed by atoms with Gasteiger partial charge in [0.25, 0.3) is 0 Å². The topological polar surface area (TPSA) is 0 Å². The van der Waals surface area contributed by atoms with Crippen LogP contribution in [0.3, 0.4) is 0 Å². The van der Waals surface area contributed by atoms with E-state index in [1.54, 1.807) is 0 Å². The van der Waals surface area contributed by atoms with Gasteiger partial charge in [-0.25, -0.2) is 0 Å². The van der Waals surface area contributed by atoms with Crippen molar-refractivity contribution in [3.63, 3.8) is 0 Å². The zero-order valence-electron chi connectivity index (χ0n) is 21.1. The van der Waals surface area contributed by atoms with Crippen molar-refractivity contribution in [1.82, 2.24) is 0 Å². The summed E-state index contributed by atoms with van der Waals surface area (Å²) in [5.74, 6) is 0. The molecular formula is C37H26S. The number of hydrogen-bond donors (Lipinski definition) is 1. The number of hydrogen-bond acceptors (Lipinski definition) is 1. The van der Waals surface area contributed by atoms with E-state index in [1.165, 1.54) is 60.1 Å². The van der Waals surface area contributed by atoms with Gasteiger partial charge in [-0.3, -0.25) is 0 Å². The fourth-order valence-electron chi connectivity index (χ4n) is 5.93. The number of rotatable bonds is 3. The third-order valence-electron chi connectivity index (χ3n) is 7.80. The summed E-state index contributed by atoms with van der Waals surface area (Å²) in [6.45, 7) is 2.23. The molecule has 0 aliphatic rings. The van der Waals surface area contributed by atoms with E-state index in [0.29, 0.717) is 0 Å². The minimum atomic E-state index is 1.01. The maximum atomic E-state index is 5.03. The summed E-state index contributed by atoms with van der Waals surface area (Å²) in [5.41, 5.74) is 8.45. The molecule has 0 bridgehead atoms. The summed E-state index contributed by atoms with van der Waals surface area (Å²) in [5, 5.41) is 7.80. The highest BCUT2D eigenvalue weighted by molar-refractivity contribution is 7.80. The lowest BCUT2D eigenvalue weighted by Crippen LogP contribution is -1.92. The molecule has 0 aliphatic carbocycles. The average molecular weight is 503 g/mol. The monoisotopic (exact) mass is 502 g/mol. The largest absolute Gasteiger partial charge is 0.142 e. The molecule has 0 radical (unpaired) electrons. The van der Waals surface area contributed by atoms with Crippen LogP contribution in [0.15, 0.2) is 138 Å². The number of thiol groups is 1. The Morgan fingerprint density at radius 3 is 1.53 bits per heavy atom. The molecule has 0 saturated heterocycles. The van der Waals surface area contributed by atoms with E-state index in [9.17, 15) is 0 Å². The minimum absolute atomic E-state index is 1.01. The Morgan fingerprint density at radius 2 is 0.868 bits per heavy atom. The van der Waals surface area contributed by atoms with Crippen molar-refractivity contribution in [3.8, 4) is 33.4 Å². The lowest BCUT2D eigenvalue weighted by molar-refractivity contribution is 1.39. The lowest BCUT2D eigenvalue weighted by atomic mass is 9.89. The van der Waals surface area contributed by atoms with Crippen LogP contribution >= 0.6 is 12.6 Å². The van der Waals surface area contributed by atoms with Crippen molar-refractivity contribution in [2.45, 2.75) is 11.8 Å². The molecule has 0 fully saturated rings. The van der Waals surface area contributed by atoms with Crippen LogP contribution in [-0.4, -0.2) is 0 Å². The van der Waals surface area contributed by atoms with Crippen LogP contribution in [0.4, 0.5) is 0 Å². The van der Waals surface area contributed by atoms with Crippen molar-refractivity contribution in [2.75, 3.05) is 0 Å². The van der Waals surface area contributed by atoms with Gasteiger partial charge >= 0.3 is 0 Å². The SMILES string of the molecule is Cc1c(-c2ccc3c4ccccc4c4ccccc4c3c2)cccc1-c1cccc(-c2ccccc2)c1S. The predicted octanol–water partition coefficient (Wildman–Crippen LogP) is 10.7. The summed E-state index contributed by atoms with van der Waals surface area (Å²) < 4.78 is 0. The first-order valence-electron chi connectivity index (χ1n) is 13.0. The summed E-state index contributed by atoms with van der Waals surface area (Å²) in [7, 11) is 0. The highest BCUT2D eigenvalue weighted by Crippen LogP contribution is 2.41. The predicted molar refractivity (Wildman–Crippen MR) is 167 cm³/mol. The molecule has 0 N–H and O–H groups in total. The van der Waals surface area contributed by atoms with Crippen LogP contribution in [0.25, 0.3) is 65.7 Å². The first kappa shape index (κ1) is 22.8. The summed E-state index contributed by atoms with van der Waals surface area (Å²) in [6, 6.07) is 48.0. The van der Waals surface area contributed by atoms with Gasteiger partial charge in [-0.05, 0) is 84.3 Å². The fraction of sp³-hybridized carbons (Fsp3) is 0.0270. The van der Waals surface area contributed by atoms with Crippen LogP contribution in [0, 0.1) is 6.92 Å². The third kappa shape index (κ3) is 3.62. The molecule has 0 unspecified atom stereocenters. The van der Waals surface area contributed by atoms with Crippen LogP contribution in [0.1, 0.15) is 5.56 Å². The molecule has 38 heavy (non-hydrogen) atoms. The number of benzene rings is 7. The van der Waals surface area contributed by atoms with Crippen LogP contribution in [0.5, 0.6) is 0 Å². The maximum Gasteiger partial charge on any atom is 0.0197 e. The van der Waals surface area contributed by atoms with Gasteiger partial charge in [-0.1, -0.05) is 127 Å². The van der Waals surface area contributed by atoms with E-state index in [2.05, 4.69) is 140 Å². The Kier molecular flexibility index (Phi) is 5.53. The highest BCUT2D eigenvalue weighted by Gasteiger charge is 2.15. The second kappa shape index (κ2) is 9.20. The fourth-order valence-corrected chi connectivity index (χ4v) is 6.33. The van der Waals surface area contributed by atoms with Gasteiger partial charge in [0.1, 0.15) is 0 Å². The molecular weight excluding hydrogens is 476 g/mol. The Bertz CT molecular complexity index is 1950. The first-order chi connectivity index (χ1) is 18.7. The van der Waals surface area contributed by atoms with E-state index in [-0.39, 0.29) is 0 Å². The van der Waals surface area contributed by atoms with Crippen molar-refractivity contribution in [3.05, 3.63) is 139 Å². The van der Waals surface area contributed by atoms with Gasteiger partial charge in [-0.2, -0.15) is 0 Å². The molecule has 1 heteroatoms. The molecule has 0 heterocycles. The van der Waals surface area contributed by atoms with Gasteiger partial charge in [0.05, 0.1) is 0 Å². The Balaban J connectivity index is 1.43. The maximum absolute atomic E-state index is 5.03. The van der Waals surface area contributed by atoms with Crippen molar-refractivity contribution >= 4 is 44.9 Å². The van der Waals surface area contributed by atoms with Gasteiger partial charge in [0.2, 0.25) is 0 Å². The van der Waals surface area contributed by atoms with E-state index in [4.69, 9.17) is 12.6 Å². The van der Waals surface area contributed by atoms with E-state index in [1.807, 2.05) is 0 Å². The van der Waals surface area contributed by atoms with Crippen molar-refractivity contribution < 1.29 is 0 Å². The molecule has 0 aromatic heterocycles. The van der Waals surface area contributed by atoms with Gasteiger partial charge < -0.3 is 0 Å². The molecule has 0 aliphatic heterocycles. The zero-order valence-corrected chi connectivity index (χ0v) is 22.0. The van der Waals surface area contributed by atoms with Gasteiger partial charge in [-0.15, -0.1) is 12.6 Å². The molecule has 0 amide bonds. The zero-order chi connectivity index (χ0) is 25.6.